The number of nitrogens with zero attached hydrogens (tertiary/aromatic N) is 1. The van der Waals surface area contributed by atoms with Crippen molar-refractivity contribution in [2.75, 3.05) is 0 Å². The van der Waals surface area contributed by atoms with Gasteiger partial charge in [-0.3, -0.25) is 0 Å². The summed E-state index contributed by atoms with van der Waals surface area (Å²) in [6, 6.07) is 20.7. The highest BCUT2D eigenvalue weighted by Crippen LogP contribution is 2.44. The van der Waals surface area contributed by atoms with E-state index in [1.807, 2.05) is 49.4 Å². The van der Waals surface area contributed by atoms with E-state index in [4.69, 9.17) is 26.8 Å². The molecule has 0 spiro atoms. The van der Waals surface area contributed by atoms with Gasteiger partial charge in [0, 0.05) is 26.2 Å². The number of nitrogens with two attached hydrogens (primary N) is 1. The SMILES string of the molecule is Cc1ccc2c(Cl)c(C(=O)Oc3ccc4c(c3)OC(N)=C(C#N)C4c3cccc(Br)c3)sc2c1. The van der Waals surface area contributed by atoms with Crippen molar-refractivity contribution >= 4 is 54.9 Å². The third kappa shape index (κ3) is 3.94. The fourth-order valence-corrected chi connectivity index (χ4v) is 5.89. The maximum absolute atomic E-state index is 12.9. The second-order valence-corrected chi connectivity index (χ2v) is 10.2. The van der Waals surface area contributed by atoms with Gasteiger partial charge < -0.3 is 15.2 Å². The van der Waals surface area contributed by atoms with E-state index in [0.717, 1.165) is 31.2 Å². The van der Waals surface area contributed by atoms with E-state index in [0.29, 0.717) is 21.2 Å². The molecule has 2 N–H and O–H groups in total. The molecule has 0 bridgehead atoms. The van der Waals surface area contributed by atoms with Crippen molar-refractivity contribution in [3.05, 3.63) is 103 Å². The zero-order valence-corrected chi connectivity index (χ0v) is 20.9. The van der Waals surface area contributed by atoms with Crippen LogP contribution in [0, 0.1) is 18.3 Å². The lowest BCUT2D eigenvalue weighted by molar-refractivity contribution is 0.0740. The van der Waals surface area contributed by atoms with E-state index < -0.39 is 11.9 Å². The molecule has 0 radical (unpaired) electrons. The number of ether oxygens (including phenoxy) is 2. The molecule has 1 atom stereocenters. The smallest absolute Gasteiger partial charge is 0.355 e. The number of halogens is 2. The van der Waals surface area contributed by atoms with Crippen LogP contribution < -0.4 is 15.2 Å². The number of carbonyl (C=O) groups excluding carboxylic acids is 1. The molecule has 168 valence electrons. The highest BCUT2D eigenvalue weighted by Gasteiger charge is 2.31. The molecule has 1 unspecified atom stereocenters. The summed E-state index contributed by atoms with van der Waals surface area (Å²) in [6.07, 6.45) is 0. The second-order valence-electron chi connectivity index (χ2n) is 7.81. The topological polar surface area (TPSA) is 85.3 Å². The minimum absolute atomic E-state index is 0.0198. The van der Waals surface area contributed by atoms with Crippen molar-refractivity contribution < 1.29 is 14.3 Å². The van der Waals surface area contributed by atoms with Gasteiger partial charge in [-0.05, 0) is 42.3 Å². The number of hydrogen-bond acceptors (Lipinski definition) is 6. The standard InChI is InChI=1S/C26H16BrClN2O3S/c1-13-5-7-18-21(9-13)34-24(23(18)28)26(31)32-16-6-8-17-20(11-16)33-25(30)19(12-29)22(17)14-3-2-4-15(27)10-14/h2-11,22H,30H2,1H3. The summed E-state index contributed by atoms with van der Waals surface area (Å²) in [7, 11) is 0. The zero-order chi connectivity index (χ0) is 24.0. The number of allylic oxidation sites excluding steroid dienone is 1. The van der Waals surface area contributed by atoms with Crippen LogP contribution in [-0.4, -0.2) is 5.97 Å². The molecule has 0 saturated carbocycles. The van der Waals surface area contributed by atoms with Gasteiger partial charge in [0.25, 0.3) is 0 Å². The lowest BCUT2D eigenvalue weighted by Gasteiger charge is -2.26. The molecular weight excluding hydrogens is 536 g/mol. The molecule has 3 aromatic carbocycles. The third-order valence-corrected chi connectivity index (χ3v) is 7.68. The van der Waals surface area contributed by atoms with Crippen LogP contribution in [-0.2, 0) is 0 Å². The summed E-state index contributed by atoms with van der Waals surface area (Å²) in [5, 5.41) is 10.9. The Balaban J connectivity index is 1.49. The highest BCUT2D eigenvalue weighted by molar-refractivity contribution is 9.10. The zero-order valence-electron chi connectivity index (χ0n) is 17.8. The summed E-state index contributed by atoms with van der Waals surface area (Å²) in [4.78, 5) is 13.3. The molecule has 5 nitrogen and oxygen atoms in total. The molecule has 1 aliphatic rings. The van der Waals surface area contributed by atoms with Gasteiger partial charge >= 0.3 is 5.97 Å². The Morgan fingerprint density at radius 1 is 1.21 bits per heavy atom. The maximum atomic E-state index is 12.9. The van der Waals surface area contributed by atoms with Crippen LogP contribution in [0.25, 0.3) is 10.1 Å². The second kappa shape index (κ2) is 8.80. The molecule has 1 aromatic heterocycles. The van der Waals surface area contributed by atoms with Crippen LogP contribution >= 0.6 is 38.9 Å². The summed E-state index contributed by atoms with van der Waals surface area (Å²) in [6.45, 7) is 1.98. The van der Waals surface area contributed by atoms with Crippen LogP contribution in [0.1, 0.15) is 32.3 Å². The van der Waals surface area contributed by atoms with E-state index in [-0.39, 0.29) is 11.6 Å². The number of nitriles is 1. The van der Waals surface area contributed by atoms with E-state index in [2.05, 4.69) is 22.0 Å². The van der Waals surface area contributed by atoms with E-state index in [1.54, 1.807) is 18.2 Å². The van der Waals surface area contributed by atoms with Crippen LogP contribution in [0.15, 0.2) is 76.6 Å². The first-order chi connectivity index (χ1) is 16.4. The Hall–Kier alpha value is -3.31. The number of hydrogen-bond donors (Lipinski definition) is 1. The Morgan fingerprint density at radius 3 is 2.79 bits per heavy atom. The number of thiophene rings is 1. The first kappa shape index (κ1) is 22.5. The normalized spacial score (nSPS) is 14.9. The highest BCUT2D eigenvalue weighted by atomic mass is 79.9. The van der Waals surface area contributed by atoms with E-state index in [9.17, 15) is 10.1 Å². The first-order valence-electron chi connectivity index (χ1n) is 10.2. The predicted molar refractivity (Wildman–Crippen MR) is 136 cm³/mol. The summed E-state index contributed by atoms with van der Waals surface area (Å²) in [5.41, 5.74) is 9.13. The Kier molecular flexibility index (Phi) is 5.82. The van der Waals surface area contributed by atoms with Gasteiger partial charge in [0.2, 0.25) is 5.88 Å². The number of esters is 1. The van der Waals surface area contributed by atoms with E-state index >= 15 is 0 Å². The van der Waals surface area contributed by atoms with E-state index in [1.165, 1.54) is 11.3 Å². The largest absolute Gasteiger partial charge is 0.440 e. The van der Waals surface area contributed by atoms with Crippen molar-refractivity contribution in [1.82, 2.24) is 0 Å². The Morgan fingerprint density at radius 2 is 2.03 bits per heavy atom. The molecule has 34 heavy (non-hydrogen) atoms. The fourth-order valence-electron chi connectivity index (χ4n) is 3.99. The van der Waals surface area contributed by atoms with Crippen molar-refractivity contribution in [3.8, 4) is 17.6 Å². The molecule has 8 heteroatoms. The number of fused-ring (bicyclic) bond motifs is 2. The molecule has 0 amide bonds. The van der Waals surface area contributed by atoms with Crippen LogP contribution in [0.2, 0.25) is 5.02 Å². The van der Waals surface area contributed by atoms with Gasteiger partial charge in [-0.1, -0.05) is 57.9 Å². The van der Waals surface area contributed by atoms with Crippen LogP contribution in [0.3, 0.4) is 0 Å². The summed E-state index contributed by atoms with van der Waals surface area (Å²) >= 11 is 11.2. The van der Waals surface area contributed by atoms with Gasteiger partial charge in [-0.2, -0.15) is 5.26 Å². The molecule has 0 saturated heterocycles. The Bertz CT molecular complexity index is 1550. The number of carbonyl (C=O) groups is 1. The van der Waals surface area contributed by atoms with Crippen molar-refractivity contribution in [3.63, 3.8) is 0 Å². The first-order valence-corrected chi connectivity index (χ1v) is 12.2. The van der Waals surface area contributed by atoms with Gasteiger partial charge in [-0.15, -0.1) is 11.3 Å². The van der Waals surface area contributed by atoms with Crippen molar-refractivity contribution in [1.29, 1.82) is 5.26 Å². The predicted octanol–water partition coefficient (Wildman–Crippen LogP) is 7.06. The van der Waals surface area contributed by atoms with Crippen LogP contribution in [0.4, 0.5) is 0 Å². The van der Waals surface area contributed by atoms with Gasteiger partial charge in [0.15, 0.2) is 0 Å². The minimum atomic E-state index is -0.551. The summed E-state index contributed by atoms with van der Waals surface area (Å²) in [5.74, 6) is -0.230. The Labute approximate surface area is 213 Å². The lowest BCUT2D eigenvalue weighted by atomic mass is 9.83. The number of aryl methyl sites for hydroxylation is 1. The van der Waals surface area contributed by atoms with Crippen molar-refractivity contribution in [2.24, 2.45) is 5.73 Å². The molecule has 5 rings (SSSR count). The average molecular weight is 552 g/mol. The summed E-state index contributed by atoms with van der Waals surface area (Å²) < 4.78 is 13.2. The average Bonchev–Trinajstić information content (AvgIpc) is 3.13. The maximum Gasteiger partial charge on any atom is 0.355 e. The quantitative estimate of drug-likeness (QED) is 0.218. The fraction of sp³-hybridized carbons (Fsp3) is 0.0769. The third-order valence-electron chi connectivity index (χ3n) is 5.55. The lowest BCUT2D eigenvalue weighted by Crippen LogP contribution is -2.21. The molecule has 1 aliphatic heterocycles. The minimum Gasteiger partial charge on any atom is -0.440 e. The molecule has 2 heterocycles. The number of benzene rings is 3. The molecular formula is C26H16BrClN2O3S. The molecule has 4 aromatic rings. The van der Waals surface area contributed by atoms with Crippen LogP contribution in [0.5, 0.6) is 11.5 Å². The molecule has 0 fully saturated rings. The monoisotopic (exact) mass is 550 g/mol. The molecule has 0 aliphatic carbocycles. The van der Waals surface area contributed by atoms with Crippen molar-refractivity contribution in [2.45, 2.75) is 12.8 Å². The number of rotatable bonds is 3. The van der Waals surface area contributed by atoms with Gasteiger partial charge in [0.1, 0.15) is 28.0 Å². The van der Waals surface area contributed by atoms with Gasteiger partial charge in [0.05, 0.1) is 10.9 Å². The van der Waals surface area contributed by atoms with Gasteiger partial charge in [-0.25, -0.2) is 4.79 Å².